The van der Waals surface area contributed by atoms with Crippen molar-refractivity contribution < 1.29 is 13.2 Å². The lowest BCUT2D eigenvalue weighted by atomic mass is 10.1. The normalized spacial score (nSPS) is 12.1. The lowest BCUT2D eigenvalue weighted by Crippen LogP contribution is -2.43. The third-order valence-corrected chi connectivity index (χ3v) is 5.59. The fourth-order valence-corrected chi connectivity index (χ4v) is 1.95. The lowest BCUT2D eigenvalue weighted by Gasteiger charge is -2.22. The number of nitrogens with one attached hydrogen (secondary N) is 2. The third-order valence-electron chi connectivity index (χ3n) is 3.44. The summed E-state index contributed by atoms with van der Waals surface area (Å²) in [5.41, 5.74) is 2.44. The summed E-state index contributed by atoms with van der Waals surface area (Å²) in [6.07, 6.45) is 1.17. The van der Waals surface area contributed by atoms with E-state index in [0.29, 0.717) is 5.56 Å². The van der Waals surface area contributed by atoms with Gasteiger partial charge in [-0.25, -0.2) is 8.42 Å². The number of amides is 1. The van der Waals surface area contributed by atoms with Crippen LogP contribution in [0.2, 0.25) is 0 Å². The molecule has 0 aliphatic rings. The van der Waals surface area contributed by atoms with Crippen molar-refractivity contribution in [2.24, 2.45) is 0 Å². The fourth-order valence-electron chi connectivity index (χ4n) is 1.61. The molecule has 0 heterocycles. The topological polar surface area (TPSA) is 75.3 Å². The van der Waals surface area contributed by atoms with E-state index in [4.69, 9.17) is 0 Å². The second-order valence-electron chi connectivity index (χ2n) is 5.49. The zero-order valence-electron chi connectivity index (χ0n) is 12.6. The minimum absolute atomic E-state index is 0.0808. The van der Waals surface area contributed by atoms with E-state index in [1.54, 1.807) is 26.0 Å². The number of anilines is 1. The molecule has 1 aromatic rings. The van der Waals surface area contributed by atoms with Gasteiger partial charge in [-0.1, -0.05) is 0 Å². The molecule has 112 valence electrons. The highest BCUT2D eigenvalue weighted by Crippen LogP contribution is 2.17. The highest BCUT2D eigenvalue weighted by Gasteiger charge is 2.30. The van der Waals surface area contributed by atoms with E-state index in [1.807, 2.05) is 20.0 Å². The number of hydrogen-bond donors (Lipinski definition) is 2. The molecule has 0 saturated heterocycles. The van der Waals surface area contributed by atoms with Crippen molar-refractivity contribution in [3.63, 3.8) is 0 Å². The van der Waals surface area contributed by atoms with Crippen LogP contribution in [0.15, 0.2) is 18.2 Å². The van der Waals surface area contributed by atoms with E-state index in [-0.39, 0.29) is 12.5 Å². The molecule has 0 aliphatic heterocycles. The molecule has 0 bridgehead atoms. The Morgan fingerprint density at radius 3 is 2.35 bits per heavy atom. The predicted octanol–water partition coefficient (Wildman–Crippen LogP) is 1.59. The smallest absolute Gasteiger partial charge is 0.251 e. The molecule has 0 aliphatic carbocycles. The summed E-state index contributed by atoms with van der Waals surface area (Å²) in [5, 5.41) is 5.70. The quantitative estimate of drug-likeness (QED) is 0.865. The lowest BCUT2D eigenvalue weighted by molar-refractivity contribution is 0.0950. The Kier molecular flexibility index (Phi) is 4.81. The van der Waals surface area contributed by atoms with Gasteiger partial charge in [0.2, 0.25) is 0 Å². The average Bonchev–Trinajstić information content (AvgIpc) is 2.34. The van der Waals surface area contributed by atoms with Gasteiger partial charge in [-0.05, 0) is 44.5 Å². The maximum absolute atomic E-state index is 12.0. The third kappa shape index (κ3) is 3.72. The first-order chi connectivity index (χ1) is 9.08. The van der Waals surface area contributed by atoms with Crippen molar-refractivity contribution in [3.8, 4) is 0 Å². The second-order valence-corrected chi connectivity index (χ2v) is 8.14. The number of benzene rings is 1. The zero-order chi connectivity index (χ0) is 15.6. The van der Waals surface area contributed by atoms with Crippen LogP contribution in [0.1, 0.15) is 29.8 Å². The summed E-state index contributed by atoms with van der Waals surface area (Å²) < 4.78 is 22.2. The van der Waals surface area contributed by atoms with Crippen LogP contribution in [0.25, 0.3) is 0 Å². The van der Waals surface area contributed by atoms with E-state index in [0.717, 1.165) is 11.3 Å². The highest BCUT2D eigenvalue weighted by molar-refractivity contribution is 7.92. The Bertz CT molecular complexity index is 607. The summed E-state index contributed by atoms with van der Waals surface area (Å²) in [6.45, 7) is 5.18. The summed E-state index contributed by atoms with van der Waals surface area (Å²) in [6, 6.07) is 5.31. The molecule has 0 radical (unpaired) electrons. The monoisotopic (exact) mass is 298 g/mol. The van der Waals surface area contributed by atoms with Gasteiger partial charge in [0.15, 0.2) is 9.84 Å². The Hall–Kier alpha value is -1.56. The minimum atomic E-state index is -3.22. The first kappa shape index (κ1) is 16.5. The summed E-state index contributed by atoms with van der Waals surface area (Å²) in [5.74, 6) is -0.271. The molecule has 0 aromatic heterocycles. The largest absolute Gasteiger partial charge is 0.388 e. The molecule has 6 heteroatoms. The van der Waals surface area contributed by atoms with Crippen molar-refractivity contribution in [3.05, 3.63) is 29.3 Å². The molecule has 1 rings (SSSR count). The standard InChI is InChI=1S/C14H22N2O3S/c1-10-8-11(6-7-12(10)15-4)13(17)16-9-14(2,3)20(5,18)19/h6-8,15H,9H2,1-5H3,(H,16,17). The van der Waals surface area contributed by atoms with Gasteiger partial charge in [-0.3, -0.25) is 4.79 Å². The van der Waals surface area contributed by atoms with Crippen LogP contribution >= 0.6 is 0 Å². The number of aryl methyl sites for hydroxylation is 1. The maximum atomic E-state index is 12.0. The van der Waals surface area contributed by atoms with E-state index < -0.39 is 14.6 Å². The van der Waals surface area contributed by atoms with Gasteiger partial charge in [-0.2, -0.15) is 0 Å². The van der Waals surface area contributed by atoms with Crippen LogP contribution < -0.4 is 10.6 Å². The summed E-state index contributed by atoms with van der Waals surface area (Å²) in [7, 11) is -1.41. The molecular formula is C14H22N2O3S. The molecule has 1 amide bonds. The molecule has 0 atom stereocenters. The number of sulfone groups is 1. The summed E-state index contributed by atoms with van der Waals surface area (Å²) in [4.78, 5) is 12.0. The molecule has 1 aromatic carbocycles. The van der Waals surface area contributed by atoms with Gasteiger partial charge in [0.1, 0.15) is 0 Å². The molecule has 5 nitrogen and oxygen atoms in total. The van der Waals surface area contributed by atoms with Gasteiger partial charge in [0.05, 0.1) is 4.75 Å². The molecular weight excluding hydrogens is 276 g/mol. The van der Waals surface area contributed by atoms with Gasteiger partial charge < -0.3 is 10.6 Å². The number of carbonyl (C=O) groups is 1. The Morgan fingerprint density at radius 2 is 1.90 bits per heavy atom. The van der Waals surface area contributed by atoms with Gasteiger partial charge >= 0.3 is 0 Å². The molecule has 0 spiro atoms. The SMILES string of the molecule is CNc1ccc(C(=O)NCC(C)(C)S(C)(=O)=O)cc1C. The minimum Gasteiger partial charge on any atom is -0.388 e. The Morgan fingerprint density at radius 1 is 1.30 bits per heavy atom. The van der Waals surface area contributed by atoms with E-state index in [1.165, 1.54) is 6.26 Å². The van der Waals surface area contributed by atoms with E-state index >= 15 is 0 Å². The van der Waals surface area contributed by atoms with Gasteiger partial charge in [0.25, 0.3) is 5.91 Å². The Labute approximate surface area is 120 Å². The Balaban J connectivity index is 2.81. The first-order valence-electron chi connectivity index (χ1n) is 6.34. The van der Waals surface area contributed by atoms with Crippen LogP contribution in [-0.2, 0) is 9.84 Å². The number of carbonyl (C=O) groups excluding carboxylic acids is 1. The van der Waals surface area contributed by atoms with Crippen molar-refractivity contribution in [2.75, 3.05) is 25.2 Å². The molecule has 0 unspecified atom stereocenters. The van der Waals surface area contributed by atoms with Crippen molar-refractivity contribution in [2.45, 2.75) is 25.5 Å². The average molecular weight is 298 g/mol. The number of hydrogen-bond acceptors (Lipinski definition) is 4. The highest BCUT2D eigenvalue weighted by atomic mass is 32.2. The molecule has 0 fully saturated rings. The van der Waals surface area contributed by atoms with E-state index in [9.17, 15) is 13.2 Å². The second kappa shape index (κ2) is 5.83. The van der Waals surface area contributed by atoms with E-state index in [2.05, 4.69) is 10.6 Å². The van der Waals surface area contributed by atoms with Crippen molar-refractivity contribution in [1.82, 2.24) is 5.32 Å². The van der Waals surface area contributed by atoms with Crippen LogP contribution in [0.4, 0.5) is 5.69 Å². The van der Waals surface area contributed by atoms with Crippen LogP contribution in [0.3, 0.4) is 0 Å². The molecule has 2 N–H and O–H groups in total. The predicted molar refractivity (Wildman–Crippen MR) is 82.0 cm³/mol. The fraction of sp³-hybridized carbons (Fsp3) is 0.500. The molecule has 0 saturated carbocycles. The number of rotatable bonds is 5. The van der Waals surface area contributed by atoms with Gasteiger partial charge in [-0.15, -0.1) is 0 Å². The van der Waals surface area contributed by atoms with Crippen LogP contribution in [-0.4, -0.2) is 38.9 Å². The van der Waals surface area contributed by atoms with Gasteiger partial charge in [0, 0.05) is 31.1 Å². The maximum Gasteiger partial charge on any atom is 0.251 e. The van der Waals surface area contributed by atoms with Crippen molar-refractivity contribution >= 4 is 21.4 Å². The van der Waals surface area contributed by atoms with Crippen molar-refractivity contribution in [1.29, 1.82) is 0 Å². The van der Waals surface area contributed by atoms with Crippen LogP contribution in [0, 0.1) is 6.92 Å². The summed E-state index contributed by atoms with van der Waals surface area (Å²) >= 11 is 0. The zero-order valence-corrected chi connectivity index (χ0v) is 13.4. The first-order valence-corrected chi connectivity index (χ1v) is 8.24. The molecule has 20 heavy (non-hydrogen) atoms. The van der Waals surface area contributed by atoms with Crippen LogP contribution in [0.5, 0.6) is 0 Å².